The van der Waals surface area contributed by atoms with Crippen molar-refractivity contribution in [3.8, 4) is 0 Å². The highest BCUT2D eigenvalue weighted by molar-refractivity contribution is 7.89. The lowest BCUT2D eigenvalue weighted by Gasteiger charge is -2.30. The molecule has 2 rings (SSSR count). The smallest absolute Gasteiger partial charge is 0.323 e. The first-order chi connectivity index (χ1) is 12.1. The van der Waals surface area contributed by atoms with Crippen molar-refractivity contribution in [3.63, 3.8) is 0 Å². The van der Waals surface area contributed by atoms with E-state index in [0.717, 1.165) is 12.8 Å². The monoisotopic (exact) mass is 382 g/mol. The van der Waals surface area contributed by atoms with Crippen LogP contribution in [-0.4, -0.2) is 60.3 Å². The molecule has 0 spiro atoms. The fraction of sp³-hybridized carbons (Fsp3) is 0.556. The number of hydrogen-bond donors (Lipinski definition) is 1. The number of piperidine rings is 1. The summed E-state index contributed by atoms with van der Waals surface area (Å²) in [6.07, 6.45) is 1.86. The van der Waals surface area contributed by atoms with Crippen LogP contribution in [0.15, 0.2) is 29.2 Å². The lowest BCUT2D eigenvalue weighted by atomic mass is 10.0. The summed E-state index contributed by atoms with van der Waals surface area (Å²) in [5, 5.41) is 8.97. The molecule has 1 aromatic rings. The maximum Gasteiger partial charge on any atom is 0.323 e. The Hall–Kier alpha value is -1.93. The lowest BCUT2D eigenvalue weighted by molar-refractivity contribution is -0.138. The Bertz CT molecular complexity index is 758. The van der Waals surface area contributed by atoms with Crippen molar-refractivity contribution >= 4 is 21.9 Å². The first kappa shape index (κ1) is 20.4. The summed E-state index contributed by atoms with van der Waals surface area (Å²) in [6.45, 7) is 6.11. The van der Waals surface area contributed by atoms with Gasteiger partial charge in [-0.3, -0.25) is 9.59 Å². The Morgan fingerprint density at radius 2 is 1.88 bits per heavy atom. The van der Waals surface area contributed by atoms with Crippen molar-refractivity contribution in [2.24, 2.45) is 5.92 Å². The fourth-order valence-corrected chi connectivity index (χ4v) is 4.68. The van der Waals surface area contributed by atoms with Crippen LogP contribution in [0.25, 0.3) is 0 Å². The van der Waals surface area contributed by atoms with E-state index < -0.39 is 28.4 Å². The molecule has 8 heteroatoms. The Balaban J connectivity index is 2.21. The molecule has 1 aromatic carbocycles. The lowest BCUT2D eigenvalue weighted by Crippen LogP contribution is -2.40. The minimum atomic E-state index is -3.58. The highest BCUT2D eigenvalue weighted by atomic mass is 32.2. The van der Waals surface area contributed by atoms with Gasteiger partial charge in [-0.2, -0.15) is 4.31 Å². The van der Waals surface area contributed by atoms with E-state index in [-0.39, 0.29) is 16.5 Å². The highest BCUT2D eigenvalue weighted by Crippen LogP contribution is 2.24. The fourth-order valence-electron chi connectivity index (χ4n) is 3.08. The minimum absolute atomic E-state index is 0.150. The Morgan fingerprint density at radius 3 is 2.38 bits per heavy atom. The molecule has 0 saturated carbocycles. The maximum absolute atomic E-state index is 12.8. The van der Waals surface area contributed by atoms with Gasteiger partial charge in [0.05, 0.1) is 4.90 Å². The maximum atomic E-state index is 12.8. The van der Waals surface area contributed by atoms with Gasteiger partial charge in [-0.25, -0.2) is 8.42 Å². The average molecular weight is 382 g/mol. The molecular formula is C18H26N2O5S. The molecule has 26 heavy (non-hydrogen) atoms. The second-order valence-electron chi connectivity index (χ2n) is 7.06. The van der Waals surface area contributed by atoms with E-state index in [0.29, 0.717) is 19.0 Å². The highest BCUT2D eigenvalue weighted by Gasteiger charge is 2.29. The molecule has 0 aromatic heterocycles. The average Bonchev–Trinajstić information content (AvgIpc) is 2.59. The zero-order valence-electron chi connectivity index (χ0n) is 15.4. The number of carboxylic acid groups (broad SMARTS) is 1. The first-order valence-corrected chi connectivity index (χ1v) is 10.2. The molecule has 144 valence electrons. The number of carbonyl (C=O) groups excluding carboxylic acids is 1. The number of hydrogen-bond acceptors (Lipinski definition) is 4. The standard InChI is InChI=1S/C18H26N2O5S/c1-13(2)20(12-17(21)22)18(23)15-6-8-16(9-7-15)26(24,25)19-10-4-5-14(3)11-19/h6-9,13-14H,4-5,10-12H2,1-3H3,(H,21,22). The zero-order valence-corrected chi connectivity index (χ0v) is 16.2. The van der Waals surface area contributed by atoms with Crippen molar-refractivity contribution in [1.82, 2.24) is 9.21 Å². The van der Waals surface area contributed by atoms with Crippen molar-refractivity contribution < 1.29 is 23.1 Å². The first-order valence-electron chi connectivity index (χ1n) is 8.76. The van der Waals surface area contributed by atoms with Crippen LogP contribution >= 0.6 is 0 Å². The Labute approximate surface area is 154 Å². The van der Waals surface area contributed by atoms with Gasteiger partial charge < -0.3 is 10.0 Å². The molecule has 1 aliphatic rings. The van der Waals surface area contributed by atoms with Gasteiger partial charge in [0.15, 0.2) is 0 Å². The third-order valence-corrected chi connectivity index (χ3v) is 6.43. The molecule has 0 radical (unpaired) electrons. The second kappa shape index (κ2) is 8.18. The molecule has 0 aliphatic carbocycles. The number of carboxylic acids is 1. The third-order valence-electron chi connectivity index (χ3n) is 4.55. The molecular weight excluding hydrogens is 356 g/mol. The Morgan fingerprint density at radius 1 is 1.27 bits per heavy atom. The van der Waals surface area contributed by atoms with E-state index in [4.69, 9.17) is 5.11 Å². The largest absolute Gasteiger partial charge is 0.480 e. The molecule has 1 atom stereocenters. The summed E-state index contributed by atoms with van der Waals surface area (Å²) in [4.78, 5) is 24.9. The number of carbonyl (C=O) groups is 2. The van der Waals surface area contributed by atoms with Gasteiger partial charge in [0, 0.05) is 24.7 Å². The van der Waals surface area contributed by atoms with Crippen LogP contribution in [0, 0.1) is 5.92 Å². The van der Waals surface area contributed by atoms with Gasteiger partial charge in [-0.15, -0.1) is 0 Å². The van der Waals surface area contributed by atoms with Crippen LogP contribution in [0.5, 0.6) is 0 Å². The number of sulfonamides is 1. The predicted octanol–water partition coefficient (Wildman–Crippen LogP) is 2.04. The van der Waals surface area contributed by atoms with E-state index in [1.54, 1.807) is 13.8 Å². The number of rotatable bonds is 6. The van der Waals surface area contributed by atoms with Gasteiger partial charge in [-0.05, 0) is 56.9 Å². The summed E-state index contributed by atoms with van der Waals surface area (Å²) in [5.41, 5.74) is 0.269. The number of nitrogens with zero attached hydrogens (tertiary/aromatic N) is 2. The van der Waals surface area contributed by atoms with Crippen LogP contribution in [0.1, 0.15) is 44.0 Å². The summed E-state index contributed by atoms with van der Waals surface area (Å²) in [6, 6.07) is 5.44. The molecule has 1 amide bonds. The summed E-state index contributed by atoms with van der Waals surface area (Å²) in [7, 11) is -3.58. The molecule has 1 unspecified atom stereocenters. The predicted molar refractivity (Wildman–Crippen MR) is 97.4 cm³/mol. The quantitative estimate of drug-likeness (QED) is 0.812. The van der Waals surface area contributed by atoms with E-state index in [9.17, 15) is 18.0 Å². The SMILES string of the molecule is CC1CCCN(S(=O)(=O)c2ccc(C(=O)N(CC(=O)O)C(C)C)cc2)C1. The molecule has 1 N–H and O–H groups in total. The summed E-state index contributed by atoms with van der Waals surface area (Å²) >= 11 is 0. The molecule has 1 aliphatic heterocycles. The van der Waals surface area contributed by atoms with Crippen molar-refractivity contribution in [1.29, 1.82) is 0 Å². The van der Waals surface area contributed by atoms with E-state index in [1.165, 1.54) is 33.5 Å². The molecule has 0 bridgehead atoms. The number of benzene rings is 1. The van der Waals surface area contributed by atoms with E-state index in [1.807, 2.05) is 6.92 Å². The van der Waals surface area contributed by atoms with Crippen molar-refractivity contribution in [2.45, 2.75) is 44.6 Å². The molecule has 7 nitrogen and oxygen atoms in total. The molecule has 1 fully saturated rings. The van der Waals surface area contributed by atoms with E-state index >= 15 is 0 Å². The van der Waals surface area contributed by atoms with Gasteiger partial charge in [0.25, 0.3) is 5.91 Å². The number of aliphatic carboxylic acids is 1. The van der Waals surface area contributed by atoms with Crippen LogP contribution in [0.2, 0.25) is 0 Å². The second-order valence-corrected chi connectivity index (χ2v) is 8.99. The minimum Gasteiger partial charge on any atom is -0.480 e. The third kappa shape index (κ3) is 4.62. The van der Waals surface area contributed by atoms with Gasteiger partial charge in [0.1, 0.15) is 6.54 Å². The van der Waals surface area contributed by atoms with Gasteiger partial charge >= 0.3 is 5.97 Å². The normalized spacial score (nSPS) is 18.7. The molecule has 1 saturated heterocycles. The van der Waals surface area contributed by atoms with E-state index in [2.05, 4.69) is 0 Å². The van der Waals surface area contributed by atoms with Crippen LogP contribution < -0.4 is 0 Å². The molecule has 1 heterocycles. The summed E-state index contributed by atoms with van der Waals surface area (Å²) < 4.78 is 27.0. The topological polar surface area (TPSA) is 95.0 Å². The van der Waals surface area contributed by atoms with Crippen molar-refractivity contribution in [2.75, 3.05) is 19.6 Å². The summed E-state index contributed by atoms with van der Waals surface area (Å²) in [5.74, 6) is -1.20. The Kier molecular flexibility index (Phi) is 6.41. The van der Waals surface area contributed by atoms with Crippen LogP contribution in [0.3, 0.4) is 0 Å². The van der Waals surface area contributed by atoms with Gasteiger partial charge in [-0.1, -0.05) is 6.92 Å². The van der Waals surface area contributed by atoms with Crippen LogP contribution in [0.4, 0.5) is 0 Å². The van der Waals surface area contributed by atoms with Crippen molar-refractivity contribution in [3.05, 3.63) is 29.8 Å². The van der Waals surface area contributed by atoms with Gasteiger partial charge in [0.2, 0.25) is 10.0 Å². The zero-order chi connectivity index (χ0) is 19.5. The van der Waals surface area contributed by atoms with Crippen LogP contribution in [-0.2, 0) is 14.8 Å². The number of amides is 1.